The average molecular weight is 439 g/mol. The van der Waals surface area contributed by atoms with Crippen molar-refractivity contribution >= 4 is 15.9 Å². The molecule has 1 aliphatic rings. The number of nitrogens with one attached hydrogen (secondary N) is 1. The molecule has 7 heteroatoms. The molecular weight excluding hydrogens is 418 g/mol. The molecular formula is C20H21BrF2N2O2. The number of ether oxygens (including phenoxy) is 2. The lowest BCUT2D eigenvalue weighted by molar-refractivity contribution is -0.0503. The van der Waals surface area contributed by atoms with Gasteiger partial charge in [-0.05, 0) is 60.9 Å². The van der Waals surface area contributed by atoms with Gasteiger partial charge in [-0.1, -0.05) is 28.1 Å². The normalized spacial score (nSPS) is 19.0. The SMILES string of the molecule is CCOc1cc(Br)cc(C2(c3ccc(OC(F)F)c(C)c3)C=C(N)NC2)c1. The standard InChI is InChI=1S/C20H21BrF2N2O2/c1-3-26-16-8-14(7-15(21)9-16)20(10-18(24)25-11-20)13-4-5-17(12(2)6-13)27-19(22)23/h4-10,19,25H,3,11,24H2,1-2H3. The fourth-order valence-electron chi connectivity index (χ4n) is 3.37. The minimum atomic E-state index is -2.86. The maximum absolute atomic E-state index is 12.6. The fraction of sp³-hybridized carbons (Fsp3) is 0.300. The highest BCUT2D eigenvalue weighted by molar-refractivity contribution is 9.10. The lowest BCUT2D eigenvalue weighted by Crippen LogP contribution is -2.31. The van der Waals surface area contributed by atoms with Crippen LogP contribution in [0.1, 0.15) is 23.6 Å². The van der Waals surface area contributed by atoms with E-state index in [9.17, 15) is 8.78 Å². The van der Waals surface area contributed by atoms with Crippen molar-refractivity contribution in [2.75, 3.05) is 13.2 Å². The second-order valence-corrected chi connectivity index (χ2v) is 7.31. The first-order valence-electron chi connectivity index (χ1n) is 8.56. The van der Waals surface area contributed by atoms with Gasteiger partial charge in [0.2, 0.25) is 0 Å². The number of hydrogen-bond acceptors (Lipinski definition) is 4. The molecule has 0 saturated carbocycles. The summed E-state index contributed by atoms with van der Waals surface area (Å²) < 4.78 is 36.3. The zero-order chi connectivity index (χ0) is 19.6. The van der Waals surface area contributed by atoms with E-state index in [4.69, 9.17) is 10.5 Å². The molecule has 144 valence electrons. The summed E-state index contributed by atoms with van der Waals surface area (Å²) in [6.07, 6.45) is 1.95. The summed E-state index contributed by atoms with van der Waals surface area (Å²) in [5.41, 5.74) is 8.03. The molecule has 1 aliphatic heterocycles. The van der Waals surface area contributed by atoms with E-state index in [1.54, 1.807) is 19.1 Å². The first-order valence-corrected chi connectivity index (χ1v) is 9.35. The largest absolute Gasteiger partial charge is 0.494 e. The van der Waals surface area contributed by atoms with Crippen molar-refractivity contribution in [3.05, 3.63) is 69.5 Å². The van der Waals surface area contributed by atoms with Crippen LogP contribution >= 0.6 is 15.9 Å². The minimum absolute atomic E-state index is 0.163. The topological polar surface area (TPSA) is 56.5 Å². The Morgan fingerprint density at radius 3 is 2.59 bits per heavy atom. The van der Waals surface area contributed by atoms with Gasteiger partial charge >= 0.3 is 6.61 Å². The zero-order valence-electron chi connectivity index (χ0n) is 15.1. The molecule has 0 aliphatic carbocycles. The van der Waals surface area contributed by atoms with Crippen LogP contribution in [0.2, 0.25) is 0 Å². The maximum Gasteiger partial charge on any atom is 0.387 e. The lowest BCUT2D eigenvalue weighted by atomic mass is 9.75. The van der Waals surface area contributed by atoms with Gasteiger partial charge in [0.15, 0.2) is 0 Å². The average Bonchev–Trinajstić information content (AvgIpc) is 2.99. The third kappa shape index (κ3) is 4.03. The van der Waals surface area contributed by atoms with Crippen LogP contribution in [-0.4, -0.2) is 19.8 Å². The van der Waals surface area contributed by atoms with Crippen molar-refractivity contribution in [1.29, 1.82) is 0 Å². The number of alkyl halides is 2. The van der Waals surface area contributed by atoms with Gasteiger partial charge in [-0.3, -0.25) is 0 Å². The summed E-state index contributed by atoms with van der Waals surface area (Å²) in [7, 11) is 0. The molecule has 1 heterocycles. The van der Waals surface area contributed by atoms with Crippen LogP contribution in [0, 0.1) is 6.92 Å². The van der Waals surface area contributed by atoms with E-state index in [-0.39, 0.29) is 5.75 Å². The molecule has 0 bridgehead atoms. The summed E-state index contributed by atoms with van der Waals surface area (Å²) in [4.78, 5) is 0. The second kappa shape index (κ2) is 7.76. The van der Waals surface area contributed by atoms with Crippen molar-refractivity contribution in [3.63, 3.8) is 0 Å². The van der Waals surface area contributed by atoms with E-state index in [1.165, 1.54) is 0 Å². The van der Waals surface area contributed by atoms with Crippen molar-refractivity contribution in [2.24, 2.45) is 5.73 Å². The van der Waals surface area contributed by atoms with Crippen LogP contribution in [0.5, 0.6) is 11.5 Å². The Labute approximate surface area is 165 Å². The smallest absolute Gasteiger partial charge is 0.387 e. The predicted octanol–water partition coefficient (Wildman–Crippen LogP) is 4.45. The van der Waals surface area contributed by atoms with Gasteiger partial charge in [0.1, 0.15) is 11.5 Å². The van der Waals surface area contributed by atoms with Crippen LogP contribution in [0.3, 0.4) is 0 Å². The number of benzene rings is 2. The molecule has 0 aromatic heterocycles. The van der Waals surface area contributed by atoms with Crippen molar-refractivity contribution in [1.82, 2.24) is 5.32 Å². The molecule has 0 amide bonds. The van der Waals surface area contributed by atoms with Gasteiger partial charge in [0, 0.05) is 11.0 Å². The Morgan fingerprint density at radius 1 is 1.22 bits per heavy atom. The third-order valence-corrected chi connectivity index (χ3v) is 5.03. The van der Waals surface area contributed by atoms with E-state index in [2.05, 4.69) is 26.0 Å². The Hall–Kier alpha value is -2.28. The highest BCUT2D eigenvalue weighted by Gasteiger charge is 2.37. The van der Waals surface area contributed by atoms with E-state index in [0.717, 1.165) is 21.3 Å². The van der Waals surface area contributed by atoms with E-state index < -0.39 is 12.0 Å². The summed E-state index contributed by atoms with van der Waals surface area (Å²) in [5, 5.41) is 3.18. The second-order valence-electron chi connectivity index (χ2n) is 6.39. The highest BCUT2D eigenvalue weighted by Crippen LogP contribution is 2.41. The van der Waals surface area contributed by atoms with E-state index >= 15 is 0 Å². The van der Waals surface area contributed by atoms with Crippen LogP contribution in [0.4, 0.5) is 8.78 Å². The van der Waals surface area contributed by atoms with Gasteiger partial charge in [-0.2, -0.15) is 8.78 Å². The number of halogens is 3. The molecule has 3 rings (SSSR count). The third-order valence-electron chi connectivity index (χ3n) is 4.58. The van der Waals surface area contributed by atoms with Gasteiger partial charge in [-0.15, -0.1) is 0 Å². The summed E-state index contributed by atoms with van der Waals surface area (Å²) in [5.74, 6) is 1.48. The first kappa shape index (κ1) is 19.5. The first-order chi connectivity index (χ1) is 12.8. The summed E-state index contributed by atoms with van der Waals surface area (Å²) in [6, 6.07) is 11.1. The summed E-state index contributed by atoms with van der Waals surface area (Å²) in [6.45, 7) is 1.92. The van der Waals surface area contributed by atoms with Gasteiger partial charge in [0.05, 0.1) is 17.8 Å². The summed E-state index contributed by atoms with van der Waals surface area (Å²) >= 11 is 3.54. The monoisotopic (exact) mass is 438 g/mol. The Kier molecular flexibility index (Phi) is 5.60. The van der Waals surface area contributed by atoms with Crippen LogP contribution in [0.25, 0.3) is 0 Å². The van der Waals surface area contributed by atoms with Gasteiger partial charge < -0.3 is 20.5 Å². The number of aryl methyl sites for hydroxylation is 1. The van der Waals surface area contributed by atoms with Crippen LogP contribution < -0.4 is 20.5 Å². The highest BCUT2D eigenvalue weighted by atomic mass is 79.9. The molecule has 3 N–H and O–H groups in total. The Morgan fingerprint density at radius 2 is 2.00 bits per heavy atom. The number of rotatable bonds is 6. The van der Waals surface area contributed by atoms with Crippen LogP contribution in [-0.2, 0) is 5.41 Å². The van der Waals surface area contributed by atoms with Crippen LogP contribution in [0.15, 0.2) is 52.8 Å². The van der Waals surface area contributed by atoms with E-state index in [1.807, 2.05) is 37.3 Å². The lowest BCUT2D eigenvalue weighted by Gasteiger charge is -2.29. The zero-order valence-corrected chi connectivity index (χ0v) is 16.6. The Bertz CT molecular complexity index is 873. The fourth-order valence-corrected chi connectivity index (χ4v) is 3.84. The molecule has 1 atom stereocenters. The molecule has 0 saturated heterocycles. The van der Waals surface area contributed by atoms with Crippen molar-refractivity contribution in [2.45, 2.75) is 25.9 Å². The predicted molar refractivity (Wildman–Crippen MR) is 104 cm³/mol. The maximum atomic E-state index is 12.6. The molecule has 2 aromatic carbocycles. The molecule has 1 unspecified atom stereocenters. The van der Waals surface area contributed by atoms with Crippen molar-refractivity contribution < 1.29 is 18.3 Å². The van der Waals surface area contributed by atoms with E-state index in [0.29, 0.717) is 24.5 Å². The molecule has 4 nitrogen and oxygen atoms in total. The molecule has 0 spiro atoms. The molecule has 2 aromatic rings. The van der Waals surface area contributed by atoms with Gasteiger partial charge in [0.25, 0.3) is 0 Å². The Balaban J connectivity index is 2.11. The van der Waals surface area contributed by atoms with Gasteiger partial charge in [-0.25, -0.2) is 0 Å². The molecule has 0 radical (unpaired) electrons. The number of nitrogens with two attached hydrogens (primary N) is 1. The van der Waals surface area contributed by atoms with Crippen molar-refractivity contribution in [3.8, 4) is 11.5 Å². The number of hydrogen-bond donors (Lipinski definition) is 2. The molecule has 27 heavy (non-hydrogen) atoms. The minimum Gasteiger partial charge on any atom is -0.494 e. The molecule has 0 fully saturated rings. The quantitative estimate of drug-likeness (QED) is 0.699.